The Kier molecular flexibility index (Phi) is 5.43. The molecule has 1 fully saturated rings. The quantitative estimate of drug-likeness (QED) is 0.700. The van der Waals surface area contributed by atoms with Crippen LogP contribution in [0.4, 0.5) is 5.69 Å². The maximum atomic E-state index is 12.6. The molecule has 2 heterocycles. The summed E-state index contributed by atoms with van der Waals surface area (Å²) in [7, 11) is 0. The van der Waals surface area contributed by atoms with E-state index in [0.717, 1.165) is 42.8 Å². The predicted molar refractivity (Wildman–Crippen MR) is 106 cm³/mol. The van der Waals surface area contributed by atoms with Crippen LogP contribution < -0.4 is 10.1 Å². The van der Waals surface area contributed by atoms with Crippen LogP contribution in [0.3, 0.4) is 0 Å². The van der Waals surface area contributed by atoms with Crippen LogP contribution in [-0.4, -0.2) is 29.4 Å². The molecule has 142 valence electrons. The van der Waals surface area contributed by atoms with E-state index in [1.165, 1.54) is 4.88 Å². The Morgan fingerprint density at radius 3 is 2.93 bits per heavy atom. The molecule has 2 amide bonds. The molecular weight excluding hydrogens is 360 g/mol. The fourth-order valence-electron chi connectivity index (χ4n) is 3.38. The summed E-state index contributed by atoms with van der Waals surface area (Å²) in [4.78, 5) is 27.3. The van der Waals surface area contributed by atoms with E-state index in [0.29, 0.717) is 31.9 Å². The minimum absolute atomic E-state index is 0.0671. The van der Waals surface area contributed by atoms with E-state index in [-0.39, 0.29) is 11.8 Å². The lowest BCUT2D eigenvalue weighted by Crippen LogP contribution is -2.32. The highest BCUT2D eigenvalue weighted by molar-refractivity contribution is 7.09. The Morgan fingerprint density at radius 2 is 2.15 bits per heavy atom. The van der Waals surface area contributed by atoms with Gasteiger partial charge in [0.1, 0.15) is 5.75 Å². The Morgan fingerprint density at radius 1 is 1.26 bits per heavy atom. The third-order valence-electron chi connectivity index (χ3n) is 4.99. The lowest BCUT2D eigenvalue weighted by molar-refractivity contribution is -0.132. The van der Waals surface area contributed by atoms with E-state index < -0.39 is 0 Å². The van der Waals surface area contributed by atoms with Gasteiger partial charge in [0.15, 0.2) is 0 Å². The Hall–Kier alpha value is -2.34. The number of nitrogens with one attached hydrogen (secondary N) is 1. The molecule has 27 heavy (non-hydrogen) atoms. The first-order chi connectivity index (χ1) is 13.2. The average molecular weight is 385 g/mol. The summed E-state index contributed by atoms with van der Waals surface area (Å²) in [6.07, 6.45) is 4.74. The number of rotatable bonds is 8. The van der Waals surface area contributed by atoms with Gasteiger partial charge >= 0.3 is 0 Å². The van der Waals surface area contributed by atoms with Crippen LogP contribution in [0.25, 0.3) is 0 Å². The molecule has 0 unspecified atom stereocenters. The molecule has 2 aromatic rings. The molecule has 1 aliphatic carbocycles. The van der Waals surface area contributed by atoms with Crippen molar-refractivity contribution in [2.75, 3.05) is 11.9 Å². The van der Waals surface area contributed by atoms with Gasteiger partial charge in [-0.3, -0.25) is 9.59 Å². The van der Waals surface area contributed by atoms with E-state index in [4.69, 9.17) is 4.74 Å². The Labute approximate surface area is 163 Å². The van der Waals surface area contributed by atoms with Gasteiger partial charge in [-0.05, 0) is 60.9 Å². The standard InChI is InChI=1S/C21H24N2O3S/c24-20-10-5-15-13-17(8-9-19(15)22-20)26-11-1-4-21(25)23(16-6-7-16)14-18-3-2-12-27-18/h2-3,8-9,12-13,16H,1,4-7,10-11,14H2,(H,22,24). The van der Waals surface area contributed by atoms with Gasteiger partial charge in [0.25, 0.3) is 0 Å². The first kappa shape index (κ1) is 18.0. The number of benzene rings is 1. The molecule has 0 saturated heterocycles. The third-order valence-corrected chi connectivity index (χ3v) is 5.85. The Balaban J connectivity index is 1.24. The van der Waals surface area contributed by atoms with Crippen molar-refractivity contribution in [1.82, 2.24) is 4.90 Å². The summed E-state index contributed by atoms with van der Waals surface area (Å²) < 4.78 is 5.83. The molecule has 2 aliphatic rings. The number of carbonyl (C=O) groups is 2. The number of hydrogen-bond donors (Lipinski definition) is 1. The SMILES string of the molecule is O=C1CCc2cc(OCCCC(=O)N(Cc3cccs3)C3CC3)ccc2N1. The van der Waals surface area contributed by atoms with Crippen molar-refractivity contribution in [3.05, 3.63) is 46.2 Å². The van der Waals surface area contributed by atoms with Crippen molar-refractivity contribution in [3.63, 3.8) is 0 Å². The van der Waals surface area contributed by atoms with Crippen molar-refractivity contribution < 1.29 is 14.3 Å². The zero-order chi connectivity index (χ0) is 18.6. The van der Waals surface area contributed by atoms with E-state index in [1.54, 1.807) is 11.3 Å². The highest BCUT2D eigenvalue weighted by Gasteiger charge is 2.32. The number of fused-ring (bicyclic) bond motifs is 1. The van der Waals surface area contributed by atoms with E-state index in [9.17, 15) is 9.59 Å². The zero-order valence-electron chi connectivity index (χ0n) is 15.3. The van der Waals surface area contributed by atoms with Gasteiger partial charge in [0.05, 0.1) is 13.2 Å². The molecule has 6 heteroatoms. The lowest BCUT2D eigenvalue weighted by Gasteiger charge is -2.22. The molecule has 4 rings (SSSR count). The van der Waals surface area contributed by atoms with Gasteiger partial charge in [0.2, 0.25) is 11.8 Å². The topological polar surface area (TPSA) is 58.6 Å². The molecule has 0 atom stereocenters. The summed E-state index contributed by atoms with van der Waals surface area (Å²) in [5.41, 5.74) is 1.99. The van der Waals surface area contributed by atoms with Gasteiger partial charge in [-0.15, -0.1) is 11.3 Å². The maximum Gasteiger partial charge on any atom is 0.224 e. The van der Waals surface area contributed by atoms with Crippen LogP contribution in [0.15, 0.2) is 35.7 Å². The number of amides is 2. The first-order valence-electron chi connectivity index (χ1n) is 9.56. The van der Waals surface area contributed by atoms with E-state index in [1.807, 2.05) is 29.2 Å². The average Bonchev–Trinajstić information content (AvgIpc) is 3.38. The zero-order valence-corrected chi connectivity index (χ0v) is 16.1. The van der Waals surface area contributed by atoms with Gasteiger partial charge in [0, 0.05) is 29.4 Å². The number of thiophene rings is 1. The molecule has 1 N–H and O–H groups in total. The number of hydrogen-bond acceptors (Lipinski definition) is 4. The highest BCUT2D eigenvalue weighted by Crippen LogP contribution is 2.30. The fourth-order valence-corrected chi connectivity index (χ4v) is 4.09. The van der Waals surface area contributed by atoms with Gasteiger partial charge < -0.3 is 15.0 Å². The second kappa shape index (κ2) is 8.13. The van der Waals surface area contributed by atoms with Crippen molar-refractivity contribution in [2.24, 2.45) is 0 Å². The van der Waals surface area contributed by atoms with Crippen molar-refractivity contribution in [1.29, 1.82) is 0 Å². The van der Waals surface area contributed by atoms with Crippen LogP contribution in [0.5, 0.6) is 5.75 Å². The lowest BCUT2D eigenvalue weighted by atomic mass is 10.0. The van der Waals surface area contributed by atoms with E-state index in [2.05, 4.69) is 16.8 Å². The largest absolute Gasteiger partial charge is 0.494 e. The number of carbonyl (C=O) groups excluding carboxylic acids is 2. The van der Waals surface area contributed by atoms with Crippen LogP contribution in [-0.2, 0) is 22.6 Å². The summed E-state index contributed by atoms with van der Waals surface area (Å²) in [5.74, 6) is 1.09. The minimum atomic E-state index is 0.0671. The molecular formula is C21H24N2O3S. The van der Waals surface area contributed by atoms with Crippen LogP contribution in [0.2, 0.25) is 0 Å². The maximum absolute atomic E-state index is 12.6. The number of nitrogens with zero attached hydrogens (tertiary/aromatic N) is 1. The van der Waals surface area contributed by atoms with Gasteiger partial charge in [-0.2, -0.15) is 0 Å². The fraction of sp³-hybridized carbons (Fsp3) is 0.429. The predicted octanol–water partition coefficient (Wildman–Crippen LogP) is 3.98. The highest BCUT2D eigenvalue weighted by atomic mass is 32.1. The second-order valence-corrected chi connectivity index (χ2v) is 8.18. The summed E-state index contributed by atoms with van der Waals surface area (Å²) in [6.45, 7) is 1.26. The summed E-state index contributed by atoms with van der Waals surface area (Å²) in [6, 6.07) is 10.3. The molecule has 0 bridgehead atoms. The van der Waals surface area contributed by atoms with Gasteiger partial charge in [-0.25, -0.2) is 0 Å². The number of anilines is 1. The first-order valence-corrected chi connectivity index (χ1v) is 10.4. The smallest absolute Gasteiger partial charge is 0.224 e. The molecule has 1 saturated carbocycles. The van der Waals surface area contributed by atoms with Crippen LogP contribution >= 0.6 is 11.3 Å². The van der Waals surface area contributed by atoms with Crippen molar-refractivity contribution in [3.8, 4) is 5.75 Å². The third kappa shape index (κ3) is 4.69. The summed E-state index contributed by atoms with van der Waals surface area (Å²) in [5, 5.41) is 4.93. The molecule has 1 aliphatic heterocycles. The van der Waals surface area contributed by atoms with Crippen LogP contribution in [0.1, 0.15) is 42.5 Å². The number of ether oxygens (including phenoxy) is 1. The molecule has 0 spiro atoms. The monoisotopic (exact) mass is 384 g/mol. The van der Waals surface area contributed by atoms with Gasteiger partial charge in [-0.1, -0.05) is 6.07 Å². The molecule has 1 aromatic heterocycles. The molecule has 1 aromatic carbocycles. The second-order valence-electron chi connectivity index (χ2n) is 7.15. The molecule has 0 radical (unpaired) electrons. The summed E-state index contributed by atoms with van der Waals surface area (Å²) >= 11 is 1.71. The van der Waals surface area contributed by atoms with Crippen LogP contribution in [0, 0.1) is 0 Å². The minimum Gasteiger partial charge on any atom is -0.494 e. The molecule has 5 nitrogen and oxygen atoms in total. The van der Waals surface area contributed by atoms with Crippen molar-refractivity contribution >= 4 is 28.8 Å². The van der Waals surface area contributed by atoms with E-state index >= 15 is 0 Å². The normalized spacial score (nSPS) is 15.8. The number of aryl methyl sites for hydroxylation is 1. The Bertz CT molecular complexity index is 815. The van der Waals surface area contributed by atoms with Crippen molar-refractivity contribution in [2.45, 2.75) is 51.1 Å².